The number of fused-ring (bicyclic) bond motifs is 1. The van der Waals surface area contributed by atoms with E-state index in [2.05, 4.69) is 39.0 Å². The lowest BCUT2D eigenvalue weighted by Gasteiger charge is -2.35. The number of rotatable bonds is 3. The van der Waals surface area contributed by atoms with Gasteiger partial charge in [-0.2, -0.15) is 0 Å². The van der Waals surface area contributed by atoms with Crippen LogP contribution in [0.2, 0.25) is 0 Å². The number of nitrogens with zero attached hydrogens (tertiary/aromatic N) is 3. The molecular weight excluding hydrogens is 322 g/mol. The van der Waals surface area contributed by atoms with Gasteiger partial charge in [-0.3, -0.25) is 9.69 Å². The molecule has 4 rings (SSSR count). The second kappa shape index (κ2) is 7.99. The number of amides is 1. The minimum absolute atomic E-state index is 0.257. The summed E-state index contributed by atoms with van der Waals surface area (Å²) in [5, 5.41) is 0. The van der Waals surface area contributed by atoms with Crippen molar-refractivity contribution in [3.8, 4) is 0 Å². The van der Waals surface area contributed by atoms with Crippen molar-refractivity contribution in [2.75, 3.05) is 31.1 Å². The topological polar surface area (TPSA) is 26.8 Å². The van der Waals surface area contributed by atoms with E-state index < -0.39 is 0 Å². The van der Waals surface area contributed by atoms with Gasteiger partial charge in [0, 0.05) is 50.9 Å². The number of benzene rings is 1. The zero-order chi connectivity index (χ0) is 17.9. The Morgan fingerprint density at radius 1 is 0.923 bits per heavy atom. The normalized spacial score (nSPS) is 27.3. The lowest BCUT2D eigenvalue weighted by atomic mass is 10.0. The number of hydrogen-bond donors (Lipinski definition) is 0. The predicted octanol–water partition coefficient (Wildman–Crippen LogP) is 3.65. The summed E-state index contributed by atoms with van der Waals surface area (Å²) in [5.74, 6) is 0.257. The summed E-state index contributed by atoms with van der Waals surface area (Å²) in [6, 6.07) is 9.97. The summed E-state index contributed by atoms with van der Waals surface area (Å²) in [5.41, 5.74) is 2.91. The molecule has 2 atom stereocenters. The molecule has 3 aliphatic heterocycles. The van der Waals surface area contributed by atoms with Crippen LogP contribution in [0.4, 0.5) is 5.69 Å². The smallest absolute Gasteiger partial charge is 0.219 e. The molecule has 0 radical (unpaired) electrons. The SMILES string of the molecule is CC(=O)N1CC[C@@H]2[C@H]1CCCCN2Cc1ccccc1N1CCCCC1. The number of carbonyl (C=O) groups excluding carboxylic acids is 1. The molecule has 3 fully saturated rings. The minimum atomic E-state index is 0.257. The first-order valence-electron chi connectivity index (χ1n) is 10.6. The molecule has 142 valence electrons. The Morgan fingerprint density at radius 2 is 1.69 bits per heavy atom. The fraction of sp³-hybridized carbons (Fsp3) is 0.682. The van der Waals surface area contributed by atoms with Crippen molar-refractivity contribution in [3.05, 3.63) is 29.8 Å². The maximum atomic E-state index is 12.0. The number of piperidine rings is 1. The van der Waals surface area contributed by atoms with E-state index in [4.69, 9.17) is 0 Å². The number of para-hydroxylation sites is 1. The van der Waals surface area contributed by atoms with Gasteiger partial charge in [0.05, 0.1) is 0 Å². The molecule has 4 heteroatoms. The van der Waals surface area contributed by atoms with E-state index in [1.54, 1.807) is 6.92 Å². The Hall–Kier alpha value is -1.55. The first kappa shape index (κ1) is 17.8. The Bertz CT molecular complexity index is 626. The van der Waals surface area contributed by atoms with Crippen LogP contribution in [0.5, 0.6) is 0 Å². The molecule has 26 heavy (non-hydrogen) atoms. The summed E-state index contributed by atoms with van der Waals surface area (Å²) >= 11 is 0. The lowest BCUT2D eigenvalue weighted by molar-refractivity contribution is -0.130. The van der Waals surface area contributed by atoms with Crippen LogP contribution < -0.4 is 4.90 Å². The Morgan fingerprint density at radius 3 is 2.50 bits per heavy atom. The van der Waals surface area contributed by atoms with Crippen molar-refractivity contribution in [1.82, 2.24) is 9.80 Å². The fourth-order valence-corrected chi connectivity index (χ4v) is 5.34. The van der Waals surface area contributed by atoms with Gasteiger partial charge in [-0.1, -0.05) is 24.6 Å². The van der Waals surface area contributed by atoms with E-state index in [1.807, 2.05) is 0 Å². The van der Waals surface area contributed by atoms with Gasteiger partial charge < -0.3 is 9.80 Å². The van der Waals surface area contributed by atoms with Crippen LogP contribution in [-0.4, -0.2) is 54.0 Å². The maximum Gasteiger partial charge on any atom is 0.219 e. The van der Waals surface area contributed by atoms with Gasteiger partial charge in [-0.25, -0.2) is 0 Å². The molecule has 0 bridgehead atoms. The van der Waals surface area contributed by atoms with Gasteiger partial charge in [0.15, 0.2) is 0 Å². The minimum Gasteiger partial charge on any atom is -0.371 e. The number of anilines is 1. The monoisotopic (exact) mass is 355 g/mol. The largest absolute Gasteiger partial charge is 0.371 e. The van der Waals surface area contributed by atoms with E-state index in [1.165, 1.54) is 69.4 Å². The van der Waals surface area contributed by atoms with Gasteiger partial charge in [-0.05, 0) is 56.7 Å². The van der Waals surface area contributed by atoms with Crippen LogP contribution in [0.3, 0.4) is 0 Å². The summed E-state index contributed by atoms with van der Waals surface area (Å²) in [7, 11) is 0. The van der Waals surface area contributed by atoms with Gasteiger partial charge >= 0.3 is 0 Å². The number of likely N-dealkylation sites (tertiary alicyclic amines) is 2. The molecule has 1 aromatic carbocycles. The third kappa shape index (κ3) is 3.62. The molecular formula is C22H33N3O. The van der Waals surface area contributed by atoms with Crippen molar-refractivity contribution in [1.29, 1.82) is 0 Å². The molecule has 0 aliphatic carbocycles. The number of hydrogen-bond acceptors (Lipinski definition) is 3. The van der Waals surface area contributed by atoms with Crippen LogP contribution in [0.15, 0.2) is 24.3 Å². The first-order chi connectivity index (χ1) is 12.7. The molecule has 0 unspecified atom stereocenters. The molecule has 3 heterocycles. The highest BCUT2D eigenvalue weighted by Crippen LogP contribution is 2.33. The van der Waals surface area contributed by atoms with Crippen molar-refractivity contribution in [2.45, 2.75) is 70.5 Å². The maximum absolute atomic E-state index is 12.0. The third-order valence-electron chi connectivity index (χ3n) is 6.64. The Labute approximate surface area is 158 Å². The molecule has 1 amide bonds. The molecule has 1 aromatic rings. The Balaban J connectivity index is 1.54. The molecule has 3 saturated heterocycles. The van der Waals surface area contributed by atoms with Crippen molar-refractivity contribution in [2.24, 2.45) is 0 Å². The molecule has 3 aliphatic rings. The zero-order valence-electron chi connectivity index (χ0n) is 16.2. The quantitative estimate of drug-likeness (QED) is 0.828. The Kier molecular flexibility index (Phi) is 5.49. The standard InChI is InChI=1S/C22H33N3O/c1-18(26)25-16-12-21-22(25)11-5-8-15-24(21)17-19-9-3-4-10-20(19)23-13-6-2-7-14-23/h3-4,9-10,21-22H,2,5-8,11-17H2,1H3/t21-,22-/m1/s1. The average Bonchev–Trinajstić information content (AvgIpc) is 3.00. The zero-order valence-corrected chi connectivity index (χ0v) is 16.2. The third-order valence-corrected chi connectivity index (χ3v) is 6.64. The summed E-state index contributed by atoms with van der Waals surface area (Å²) in [6.45, 7) is 7.27. The van der Waals surface area contributed by atoms with Crippen LogP contribution in [0.1, 0.15) is 57.4 Å². The molecule has 4 nitrogen and oxygen atoms in total. The van der Waals surface area contributed by atoms with Crippen LogP contribution in [0, 0.1) is 0 Å². The second-order valence-corrected chi connectivity index (χ2v) is 8.28. The molecule has 0 spiro atoms. The van der Waals surface area contributed by atoms with Crippen LogP contribution in [0.25, 0.3) is 0 Å². The van der Waals surface area contributed by atoms with E-state index in [-0.39, 0.29) is 5.91 Å². The van der Waals surface area contributed by atoms with E-state index in [9.17, 15) is 4.79 Å². The highest BCUT2D eigenvalue weighted by molar-refractivity contribution is 5.74. The summed E-state index contributed by atoms with van der Waals surface area (Å²) in [4.78, 5) is 19.4. The van der Waals surface area contributed by atoms with Crippen LogP contribution in [-0.2, 0) is 11.3 Å². The second-order valence-electron chi connectivity index (χ2n) is 8.28. The van der Waals surface area contributed by atoms with Gasteiger partial charge in [0.25, 0.3) is 0 Å². The average molecular weight is 356 g/mol. The highest BCUT2D eigenvalue weighted by atomic mass is 16.2. The van der Waals surface area contributed by atoms with E-state index >= 15 is 0 Å². The number of carbonyl (C=O) groups is 1. The lowest BCUT2D eigenvalue weighted by Crippen LogP contribution is -2.45. The molecule has 0 saturated carbocycles. The van der Waals surface area contributed by atoms with Gasteiger partial charge in [-0.15, -0.1) is 0 Å². The predicted molar refractivity (Wildman–Crippen MR) is 106 cm³/mol. The van der Waals surface area contributed by atoms with Crippen molar-refractivity contribution in [3.63, 3.8) is 0 Å². The molecule has 0 N–H and O–H groups in total. The fourth-order valence-electron chi connectivity index (χ4n) is 5.34. The highest BCUT2D eigenvalue weighted by Gasteiger charge is 2.40. The van der Waals surface area contributed by atoms with Crippen LogP contribution >= 0.6 is 0 Å². The van der Waals surface area contributed by atoms with Gasteiger partial charge in [0.2, 0.25) is 5.91 Å². The summed E-state index contributed by atoms with van der Waals surface area (Å²) in [6.07, 6.45) is 8.81. The summed E-state index contributed by atoms with van der Waals surface area (Å²) < 4.78 is 0. The molecule has 0 aromatic heterocycles. The first-order valence-corrected chi connectivity index (χ1v) is 10.6. The van der Waals surface area contributed by atoms with E-state index in [0.29, 0.717) is 12.1 Å². The van der Waals surface area contributed by atoms with E-state index in [0.717, 1.165) is 19.5 Å². The van der Waals surface area contributed by atoms with Gasteiger partial charge in [0.1, 0.15) is 0 Å². The van der Waals surface area contributed by atoms with Crippen molar-refractivity contribution < 1.29 is 4.79 Å². The van der Waals surface area contributed by atoms with Crippen molar-refractivity contribution >= 4 is 11.6 Å².